The summed E-state index contributed by atoms with van der Waals surface area (Å²) in [4.78, 5) is 26.4. The molecule has 0 unspecified atom stereocenters. The molecule has 0 bridgehead atoms. The lowest BCUT2D eigenvalue weighted by atomic mass is 10.1. The molecule has 9 nitrogen and oxygen atoms in total. The van der Waals surface area contributed by atoms with E-state index in [1.54, 1.807) is 11.0 Å². The number of piperidine rings is 2. The van der Waals surface area contributed by atoms with Gasteiger partial charge < -0.3 is 19.7 Å². The van der Waals surface area contributed by atoms with E-state index in [1.165, 1.54) is 16.4 Å². The number of nitrogens with zero attached hydrogens (tertiary/aromatic N) is 2. The number of hydrogen-bond acceptors (Lipinski definition) is 6. The minimum absolute atomic E-state index is 0.0323. The summed E-state index contributed by atoms with van der Waals surface area (Å²) in [6.07, 6.45) is 3.57. The number of benzene rings is 1. The van der Waals surface area contributed by atoms with Gasteiger partial charge in [-0.3, -0.25) is 4.79 Å². The molecule has 196 valence electrons. The monoisotopic (exact) mass is 529 g/mol. The minimum atomic E-state index is -3.58. The molecule has 2 saturated heterocycles. The third kappa shape index (κ3) is 8.06. The zero-order chi connectivity index (χ0) is 25.6. The van der Waals surface area contributed by atoms with Crippen molar-refractivity contribution < 1.29 is 27.5 Å². The van der Waals surface area contributed by atoms with Crippen molar-refractivity contribution in [1.29, 1.82) is 0 Å². The Morgan fingerprint density at radius 2 is 1.74 bits per heavy atom. The predicted molar refractivity (Wildman–Crippen MR) is 133 cm³/mol. The number of rotatable bonds is 7. The summed E-state index contributed by atoms with van der Waals surface area (Å²) in [6.45, 7) is 7.39. The zero-order valence-corrected chi connectivity index (χ0v) is 22.3. The number of carbonyl (C=O) groups excluding carboxylic acids is 2. The van der Waals surface area contributed by atoms with E-state index >= 15 is 0 Å². The molecule has 2 amide bonds. The van der Waals surface area contributed by atoms with Crippen molar-refractivity contribution in [3.63, 3.8) is 0 Å². The lowest BCUT2D eigenvalue weighted by Crippen LogP contribution is -2.48. The van der Waals surface area contributed by atoms with Crippen molar-refractivity contribution in [3.8, 4) is 0 Å². The second-order valence-corrected chi connectivity index (χ2v) is 12.4. The third-order valence-electron chi connectivity index (χ3n) is 6.02. The molecule has 0 aliphatic carbocycles. The SMILES string of the molecule is CC(C)(C)OC(=O)NC1CCN(C(=O)COCc2cc(S(=O)(=O)N3CCCCC3)ccc2Cl)CC1. The van der Waals surface area contributed by atoms with Gasteiger partial charge in [-0.05, 0) is 70.2 Å². The first kappa shape index (κ1) is 27.7. The lowest BCUT2D eigenvalue weighted by Gasteiger charge is -2.32. The first-order valence-corrected chi connectivity index (χ1v) is 13.9. The number of alkyl carbamates (subject to hydrolysis) is 1. The molecule has 2 aliphatic rings. The Kier molecular flexibility index (Phi) is 9.42. The highest BCUT2D eigenvalue weighted by Gasteiger charge is 2.27. The second-order valence-electron chi connectivity index (χ2n) is 10.0. The highest BCUT2D eigenvalue weighted by Crippen LogP contribution is 2.25. The molecule has 2 aliphatic heterocycles. The number of ether oxygens (including phenoxy) is 2. The van der Waals surface area contributed by atoms with Crippen molar-refractivity contribution in [1.82, 2.24) is 14.5 Å². The van der Waals surface area contributed by atoms with Crippen molar-refractivity contribution in [2.45, 2.75) is 76.0 Å². The second kappa shape index (κ2) is 11.9. The third-order valence-corrected chi connectivity index (χ3v) is 8.28. The molecule has 3 rings (SSSR count). The Balaban J connectivity index is 1.47. The van der Waals surface area contributed by atoms with Crippen molar-refractivity contribution in [3.05, 3.63) is 28.8 Å². The summed E-state index contributed by atoms with van der Waals surface area (Å²) < 4.78 is 38.3. The summed E-state index contributed by atoms with van der Waals surface area (Å²) in [6, 6.07) is 4.56. The molecule has 1 N–H and O–H groups in total. The highest BCUT2D eigenvalue weighted by molar-refractivity contribution is 7.89. The maximum atomic E-state index is 12.9. The minimum Gasteiger partial charge on any atom is -0.444 e. The van der Waals surface area contributed by atoms with E-state index in [0.29, 0.717) is 49.6 Å². The highest BCUT2D eigenvalue weighted by atomic mass is 35.5. The molecule has 0 saturated carbocycles. The van der Waals surface area contributed by atoms with Crippen molar-refractivity contribution >= 4 is 33.6 Å². The van der Waals surface area contributed by atoms with Gasteiger partial charge in [-0.1, -0.05) is 18.0 Å². The largest absolute Gasteiger partial charge is 0.444 e. The van der Waals surface area contributed by atoms with E-state index in [4.69, 9.17) is 21.1 Å². The van der Waals surface area contributed by atoms with Crippen molar-refractivity contribution in [2.24, 2.45) is 0 Å². The van der Waals surface area contributed by atoms with Crippen LogP contribution in [0.15, 0.2) is 23.1 Å². The van der Waals surface area contributed by atoms with Gasteiger partial charge in [-0.25, -0.2) is 13.2 Å². The molecular formula is C24H36ClN3O6S. The van der Waals surface area contributed by atoms with Gasteiger partial charge in [0.25, 0.3) is 0 Å². The summed E-state index contributed by atoms with van der Waals surface area (Å²) in [7, 11) is -3.58. The molecule has 0 radical (unpaired) electrons. The Morgan fingerprint density at radius 3 is 2.37 bits per heavy atom. The predicted octanol–water partition coefficient (Wildman–Crippen LogP) is 3.55. The van der Waals surface area contributed by atoms with Crippen LogP contribution in [-0.2, 0) is 30.9 Å². The number of likely N-dealkylation sites (tertiary alicyclic amines) is 1. The van der Waals surface area contributed by atoms with E-state index in [0.717, 1.165) is 19.3 Å². The van der Waals surface area contributed by atoms with Gasteiger partial charge in [0.05, 0.1) is 11.5 Å². The standard InChI is InChI=1S/C24H36ClN3O6S/c1-24(2,3)34-23(30)26-19-9-13-27(14-10-19)22(29)17-33-16-18-15-20(7-8-21(18)25)35(31,32)28-11-5-4-6-12-28/h7-8,15,19H,4-6,9-14,16-17H2,1-3H3,(H,26,30). The maximum Gasteiger partial charge on any atom is 0.407 e. The summed E-state index contributed by atoms with van der Waals surface area (Å²) >= 11 is 6.27. The Bertz CT molecular complexity index is 997. The smallest absolute Gasteiger partial charge is 0.407 e. The van der Waals surface area contributed by atoms with Gasteiger partial charge in [0.15, 0.2) is 0 Å². The molecule has 1 aromatic carbocycles. The van der Waals surface area contributed by atoms with Crippen LogP contribution in [0.25, 0.3) is 0 Å². The van der Waals surface area contributed by atoms with Crippen LogP contribution >= 0.6 is 11.6 Å². The van der Waals surface area contributed by atoms with Crippen molar-refractivity contribution in [2.75, 3.05) is 32.8 Å². The van der Waals surface area contributed by atoms with Crippen LogP contribution < -0.4 is 5.32 Å². The molecular weight excluding hydrogens is 494 g/mol. The molecule has 1 aromatic rings. The summed E-state index contributed by atoms with van der Waals surface area (Å²) in [5.74, 6) is -0.158. The molecule has 11 heteroatoms. The van der Waals surface area contributed by atoms with Gasteiger partial charge in [-0.15, -0.1) is 0 Å². The molecule has 0 aromatic heterocycles. The summed E-state index contributed by atoms with van der Waals surface area (Å²) in [5, 5.41) is 3.24. The molecule has 0 atom stereocenters. The van der Waals surface area contributed by atoms with E-state index in [9.17, 15) is 18.0 Å². The topological polar surface area (TPSA) is 105 Å². The van der Waals surface area contributed by atoms with Gasteiger partial charge in [-0.2, -0.15) is 4.31 Å². The van der Waals surface area contributed by atoms with Crippen LogP contribution in [0.3, 0.4) is 0 Å². The molecule has 2 heterocycles. The number of nitrogens with one attached hydrogen (secondary N) is 1. The maximum absolute atomic E-state index is 12.9. The number of hydrogen-bond donors (Lipinski definition) is 1. The van der Waals surface area contributed by atoms with Gasteiger partial charge in [0.2, 0.25) is 15.9 Å². The van der Waals surface area contributed by atoms with Gasteiger partial charge in [0.1, 0.15) is 12.2 Å². The fraction of sp³-hybridized carbons (Fsp3) is 0.667. The fourth-order valence-corrected chi connectivity index (χ4v) is 5.90. The number of amides is 2. The first-order valence-electron chi connectivity index (χ1n) is 12.1. The van der Waals surface area contributed by atoms with Crippen LogP contribution in [0, 0.1) is 0 Å². The van der Waals surface area contributed by atoms with Crippen LogP contribution in [0.4, 0.5) is 4.79 Å². The normalized spacial score (nSPS) is 18.3. The quantitative estimate of drug-likeness (QED) is 0.579. The number of carbonyl (C=O) groups is 2. The van der Waals surface area contributed by atoms with Crippen LogP contribution in [0.5, 0.6) is 0 Å². The van der Waals surface area contributed by atoms with E-state index in [2.05, 4.69) is 5.32 Å². The Morgan fingerprint density at radius 1 is 1.09 bits per heavy atom. The van der Waals surface area contributed by atoms with Gasteiger partial charge in [0, 0.05) is 37.2 Å². The lowest BCUT2D eigenvalue weighted by molar-refractivity contribution is -0.137. The van der Waals surface area contributed by atoms with Crippen LogP contribution in [-0.4, -0.2) is 74.1 Å². The van der Waals surface area contributed by atoms with E-state index in [-0.39, 0.29) is 30.1 Å². The van der Waals surface area contributed by atoms with E-state index < -0.39 is 21.7 Å². The number of halogens is 1. The average molecular weight is 530 g/mol. The number of sulfonamides is 1. The zero-order valence-electron chi connectivity index (χ0n) is 20.7. The average Bonchev–Trinajstić information content (AvgIpc) is 2.80. The van der Waals surface area contributed by atoms with E-state index in [1.807, 2.05) is 20.8 Å². The van der Waals surface area contributed by atoms with Crippen LogP contribution in [0.2, 0.25) is 5.02 Å². The Labute approximate surface area is 213 Å². The molecule has 0 spiro atoms. The fourth-order valence-electron chi connectivity index (χ4n) is 4.16. The van der Waals surface area contributed by atoms with Crippen LogP contribution in [0.1, 0.15) is 58.4 Å². The first-order chi connectivity index (χ1) is 16.5. The molecule has 2 fully saturated rings. The van der Waals surface area contributed by atoms with Gasteiger partial charge >= 0.3 is 6.09 Å². The molecule has 35 heavy (non-hydrogen) atoms. The Hall–Kier alpha value is -1.88. The summed E-state index contributed by atoms with van der Waals surface area (Å²) in [5.41, 5.74) is -0.0315.